The average molecular weight is 400 g/mol. The van der Waals surface area contributed by atoms with E-state index in [2.05, 4.69) is 18.7 Å². The molecule has 0 aromatic heterocycles. The molecule has 5 nitrogen and oxygen atoms in total. The molecule has 1 unspecified atom stereocenters. The molecule has 6 heteroatoms. The summed E-state index contributed by atoms with van der Waals surface area (Å²) in [5.41, 5.74) is 2.73. The molecule has 1 aliphatic rings. The van der Waals surface area contributed by atoms with Crippen LogP contribution in [0.3, 0.4) is 0 Å². The third-order valence-corrected chi connectivity index (χ3v) is 5.43. The summed E-state index contributed by atoms with van der Waals surface area (Å²) in [6.45, 7) is 6.08. The van der Waals surface area contributed by atoms with Crippen LogP contribution in [0.1, 0.15) is 37.4 Å². The van der Waals surface area contributed by atoms with Crippen LogP contribution in [-0.2, 0) is 4.79 Å². The molecule has 1 amide bonds. The number of benzene rings is 2. The Balaban J connectivity index is 1.95. The Labute approximate surface area is 171 Å². The van der Waals surface area contributed by atoms with E-state index in [9.17, 15) is 4.79 Å². The number of methoxy groups -OCH3 is 1. The van der Waals surface area contributed by atoms with Gasteiger partial charge in [-0.3, -0.25) is 9.69 Å². The maximum Gasteiger partial charge on any atom is 0.257 e. The van der Waals surface area contributed by atoms with Crippen LogP contribution in [0.25, 0.3) is 0 Å². The lowest BCUT2D eigenvalue weighted by Crippen LogP contribution is -2.38. The topological polar surface area (TPSA) is 45.1 Å². The predicted octanol–water partition coefficient (Wildman–Crippen LogP) is 4.37. The number of hydrazone groups is 1. The van der Waals surface area contributed by atoms with E-state index in [1.54, 1.807) is 12.1 Å². The number of hydrogen-bond acceptors (Lipinski definition) is 4. The maximum atomic E-state index is 13.1. The van der Waals surface area contributed by atoms with E-state index in [0.717, 1.165) is 35.7 Å². The number of ether oxygens (including phenoxy) is 1. The predicted molar refractivity (Wildman–Crippen MR) is 113 cm³/mol. The molecule has 0 saturated carbocycles. The highest BCUT2D eigenvalue weighted by Crippen LogP contribution is 2.36. The summed E-state index contributed by atoms with van der Waals surface area (Å²) >= 11 is 6.46. The van der Waals surface area contributed by atoms with Gasteiger partial charge >= 0.3 is 0 Å². The lowest BCUT2D eigenvalue weighted by molar-refractivity contribution is -0.134. The van der Waals surface area contributed by atoms with Crippen molar-refractivity contribution in [2.24, 2.45) is 5.10 Å². The molecule has 1 heterocycles. The molecule has 0 fully saturated rings. The van der Waals surface area contributed by atoms with Crippen molar-refractivity contribution >= 4 is 23.2 Å². The van der Waals surface area contributed by atoms with Gasteiger partial charge in [-0.05, 0) is 36.9 Å². The Morgan fingerprint density at radius 2 is 1.96 bits per heavy atom. The molecular weight excluding hydrogens is 374 g/mol. The summed E-state index contributed by atoms with van der Waals surface area (Å²) in [6, 6.07) is 15.2. The molecule has 148 valence electrons. The summed E-state index contributed by atoms with van der Waals surface area (Å²) < 4.78 is 5.34. The van der Waals surface area contributed by atoms with Crippen molar-refractivity contribution in [2.75, 3.05) is 26.7 Å². The summed E-state index contributed by atoms with van der Waals surface area (Å²) in [6.07, 6.45) is 0.612. The molecule has 28 heavy (non-hydrogen) atoms. The molecule has 0 N–H and O–H groups in total. The molecule has 0 bridgehead atoms. The van der Waals surface area contributed by atoms with Crippen molar-refractivity contribution < 1.29 is 9.53 Å². The zero-order chi connectivity index (χ0) is 20.1. The molecule has 2 aromatic rings. The van der Waals surface area contributed by atoms with Crippen LogP contribution in [0, 0.1) is 0 Å². The number of rotatable bonds is 7. The van der Waals surface area contributed by atoms with Crippen molar-refractivity contribution in [2.45, 2.75) is 26.3 Å². The van der Waals surface area contributed by atoms with Gasteiger partial charge in [0.1, 0.15) is 5.75 Å². The summed E-state index contributed by atoms with van der Waals surface area (Å²) in [5, 5.41) is 6.97. The normalized spacial score (nSPS) is 16.4. The Bertz CT molecular complexity index is 864. The van der Waals surface area contributed by atoms with E-state index in [4.69, 9.17) is 21.4 Å². The first-order valence-corrected chi connectivity index (χ1v) is 9.95. The minimum absolute atomic E-state index is 0.0217. The molecule has 0 radical (unpaired) electrons. The quantitative estimate of drug-likeness (QED) is 0.694. The van der Waals surface area contributed by atoms with E-state index in [1.165, 1.54) is 0 Å². The van der Waals surface area contributed by atoms with Gasteiger partial charge in [-0.25, -0.2) is 5.01 Å². The summed E-state index contributed by atoms with van der Waals surface area (Å²) in [7, 11) is 1.64. The number of nitrogens with zero attached hydrogens (tertiary/aromatic N) is 3. The lowest BCUT2D eigenvalue weighted by Gasteiger charge is -2.26. The second kappa shape index (κ2) is 9.22. The van der Waals surface area contributed by atoms with Gasteiger partial charge in [0.15, 0.2) is 0 Å². The van der Waals surface area contributed by atoms with Crippen LogP contribution in [-0.4, -0.2) is 48.3 Å². The molecule has 3 rings (SSSR count). The molecule has 1 atom stereocenters. The van der Waals surface area contributed by atoms with Crippen molar-refractivity contribution in [1.82, 2.24) is 9.91 Å². The monoisotopic (exact) mass is 399 g/mol. The molecule has 2 aromatic carbocycles. The minimum atomic E-state index is -0.210. The number of carbonyl (C=O) groups is 1. The van der Waals surface area contributed by atoms with Gasteiger partial charge in [-0.15, -0.1) is 0 Å². The molecule has 0 saturated heterocycles. The Morgan fingerprint density at radius 1 is 1.21 bits per heavy atom. The highest BCUT2D eigenvalue weighted by molar-refractivity contribution is 6.31. The fraction of sp³-hybridized carbons (Fsp3) is 0.364. The number of hydrogen-bond donors (Lipinski definition) is 0. The van der Waals surface area contributed by atoms with E-state index in [1.807, 2.05) is 48.5 Å². The maximum absolute atomic E-state index is 13.1. The summed E-state index contributed by atoms with van der Waals surface area (Å²) in [5.74, 6) is 0.744. The minimum Gasteiger partial charge on any atom is -0.497 e. The largest absolute Gasteiger partial charge is 0.497 e. The van der Waals surface area contributed by atoms with Gasteiger partial charge in [-0.2, -0.15) is 5.10 Å². The lowest BCUT2D eigenvalue weighted by atomic mass is 9.98. The fourth-order valence-corrected chi connectivity index (χ4v) is 3.68. The van der Waals surface area contributed by atoms with Crippen molar-refractivity contribution in [3.8, 4) is 5.75 Å². The van der Waals surface area contributed by atoms with Crippen molar-refractivity contribution in [3.05, 3.63) is 64.7 Å². The Morgan fingerprint density at radius 3 is 2.64 bits per heavy atom. The van der Waals surface area contributed by atoms with Crippen LogP contribution in [0.4, 0.5) is 0 Å². The zero-order valence-corrected chi connectivity index (χ0v) is 17.3. The van der Waals surface area contributed by atoms with Crippen molar-refractivity contribution in [1.29, 1.82) is 0 Å². The van der Waals surface area contributed by atoms with E-state index in [0.29, 0.717) is 18.0 Å². The smallest absolute Gasteiger partial charge is 0.257 e. The van der Waals surface area contributed by atoms with E-state index in [-0.39, 0.29) is 11.9 Å². The van der Waals surface area contributed by atoms with Gasteiger partial charge in [0.25, 0.3) is 5.91 Å². The van der Waals surface area contributed by atoms with Crippen LogP contribution in [0.2, 0.25) is 5.02 Å². The van der Waals surface area contributed by atoms with Gasteiger partial charge in [0.05, 0.1) is 25.4 Å². The zero-order valence-electron chi connectivity index (χ0n) is 16.6. The van der Waals surface area contributed by atoms with Gasteiger partial charge < -0.3 is 4.74 Å². The molecule has 0 aliphatic carbocycles. The van der Waals surface area contributed by atoms with Crippen LogP contribution < -0.4 is 4.74 Å². The average Bonchev–Trinajstić information content (AvgIpc) is 3.17. The van der Waals surface area contributed by atoms with E-state index >= 15 is 0 Å². The van der Waals surface area contributed by atoms with Crippen LogP contribution >= 0.6 is 11.6 Å². The summed E-state index contributed by atoms with van der Waals surface area (Å²) in [4.78, 5) is 15.2. The second-order valence-corrected chi connectivity index (χ2v) is 7.13. The first kappa shape index (κ1) is 20.4. The molecule has 1 aliphatic heterocycles. The SMILES string of the molecule is CCN(CC)CC(=O)N1N=C(c2cccc(OC)c2)CC1c1ccccc1Cl. The Kier molecular flexibility index (Phi) is 6.70. The second-order valence-electron chi connectivity index (χ2n) is 6.72. The standard InChI is InChI=1S/C22H26ClN3O2/c1-4-25(5-2)15-22(27)26-21(18-11-6-7-12-19(18)23)14-20(24-26)16-9-8-10-17(13-16)28-3/h6-13,21H,4-5,14-15H2,1-3H3. The molecular formula is C22H26ClN3O2. The van der Waals surface area contributed by atoms with Gasteiger partial charge in [0, 0.05) is 17.0 Å². The Hall–Kier alpha value is -2.37. The number of halogens is 1. The first-order chi connectivity index (χ1) is 13.6. The molecule has 0 spiro atoms. The highest BCUT2D eigenvalue weighted by atomic mass is 35.5. The number of carbonyl (C=O) groups excluding carboxylic acids is 1. The third kappa shape index (κ3) is 4.37. The highest BCUT2D eigenvalue weighted by Gasteiger charge is 2.34. The first-order valence-electron chi connectivity index (χ1n) is 9.58. The fourth-order valence-electron chi connectivity index (χ4n) is 3.42. The van der Waals surface area contributed by atoms with Gasteiger partial charge in [0.2, 0.25) is 0 Å². The third-order valence-electron chi connectivity index (χ3n) is 5.09. The van der Waals surface area contributed by atoms with Crippen LogP contribution in [0.15, 0.2) is 53.6 Å². The van der Waals surface area contributed by atoms with Crippen molar-refractivity contribution in [3.63, 3.8) is 0 Å². The van der Waals surface area contributed by atoms with E-state index < -0.39 is 0 Å². The van der Waals surface area contributed by atoms with Crippen LogP contribution in [0.5, 0.6) is 5.75 Å². The van der Waals surface area contributed by atoms with Gasteiger partial charge in [-0.1, -0.05) is 55.8 Å². The number of likely N-dealkylation sites (N-methyl/N-ethyl adjacent to an activating group) is 1. The number of amides is 1.